The monoisotopic (exact) mass is 488 g/mol. The van der Waals surface area contributed by atoms with Gasteiger partial charge in [-0.1, -0.05) is 29.0 Å². The van der Waals surface area contributed by atoms with E-state index in [9.17, 15) is 0 Å². The molecular formula is C28H36N6O2. The smallest absolute Gasteiger partial charge is 0.186 e. The van der Waals surface area contributed by atoms with Crippen molar-refractivity contribution in [1.82, 2.24) is 25.3 Å². The molecular weight excluding hydrogens is 452 g/mol. The minimum Gasteiger partial charge on any atom is -0.493 e. The number of hydrogen-bond acceptors (Lipinski definition) is 7. The van der Waals surface area contributed by atoms with Crippen molar-refractivity contribution in [3.63, 3.8) is 0 Å². The maximum absolute atomic E-state index is 5.60. The molecule has 36 heavy (non-hydrogen) atoms. The van der Waals surface area contributed by atoms with Gasteiger partial charge in [0.15, 0.2) is 22.7 Å². The van der Waals surface area contributed by atoms with Crippen LogP contribution < -0.4 is 20.1 Å². The number of aryl methyl sites for hydroxylation is 4. The van der Waals surface area contributed by atoms with Gasteiger partial charge in [-0.05, 0) is 82.5 Å². The Labute approximate surface area is 213 Å². The van der Waals surface area contributed by atoms with Crippen LogP contribution in [0.25, 0.3) is 16.9 Å². The van der Waals surface area contributed by atoms with Gasteiger partial charge in [-0.15, -0.1) is 5.10 Å². The predicted octanol–water partition coefficient (Wildman–Crippen LogP) is 4.70. The number of nitrogens with one attached hydrogen (secondary N) is 2. The number of benzene rings is 2. The molecule has 0 amide bonds. The van der Waals surface area contributed by atoms with Crippen molar-refractivity contribution in [3.8, 4) is 17.2 Å². The molecule has 2 aromatic heterocycles. The molecule has 4 aromatic rings. The van der Waals surface area contributed by atoms with Crippen LogP contribution in [0.2, 0.25) is 0 Å². The van der Waals surface area contributed by atoms with Crippen molar-refractivity contribution in [1.29, 1.82) is 0 Å². The average molecular weight is 489 g/mol. The number of nitrogens with zero attached hydrogens (tertiary/aromatic N) is 4. The van der Waals surface area contributed by atoms with Gasteiger partial charge in [-0.25, -0.2) is 4.98 Å². The van der Waals surface area contributed by atoms with E-state index in [0.29, 0.717) is 6.61 Å². The Morgan fingerprint density at radius 1 is 0.917 bits per heavy atom. The molecule has 0 fully saturated rings. The number of rotatable bonds is 11. The minimum absolute atomic E-state index is 0.620. The normalized spacial score (nSPS) is 11.2. The molecule has 0 saturated heterocycles. The van der Waals surface area contributed by atoms with Crippen molar-refractivity contribution in [3.05, 3.63) is 64.3 Å². The molecule has 2 heterocycles. The molecule has 0 atom stereocenters. The minimum atomic E-state index is 0.620. The lowest BCUT2D eigenvalue weighted by atomic mass is 10.1. The first-order chi connectivity index (χ1) is 17.4. The van der Waals surface area contributed by atoms with E-state index >= 15 is 0 Å². The second kappa shape index (κ2) is 11.4. The van der Waals surface area contributed by atoms with Crippen molar-refractivity contribution < 1.29 is 9.47 Å². The third-order valence-corrected chi connectivity index (χ3v) is 6.12. The fraction of sp³-hybridized carbons (Fsp3) is 0.393. The second-order valence-corrected chi connectivity index (χ2v) is 9.08. The zero-order valence-electron chi connectivity index (χ0n) is 22.1. The Morgan fingerprint density at radius 2 is 1.69 bits per heavy atom. The summed E-state index contributed by atoms with van der Waals surface area (Å²) in [4.78, 5) is 4.76. The third-order valence-electron chi connectivity index (χ3n) is 6.12. The fourth-order valence-corrected chi connectivity index (χ4v) is 4.61. The fourth-order valence-electron chi connectivity index (χ4n) is 4.61. The number of pyridine rings is 1. The molecule has 0 saturated carbocycles. The SMILES string of the molecule is CCOc1ccc(CCNCCNc2cc(C)nc3c2nnn3-c2c(C)cc(C)cc2C)cc1OC. The molecule has 0 unspecified atom stereocenters. The summed E-state index contributed by atoms with van der Waals surface area (Å²) in [7, 11) is 1.67. The Bertz CT molecular complexity index is 1320. The molecule has 4 rings (SSSR count). The highest BCUT2D eigenvalue weighted by Crippen LogP contribution is 2.28. The number of ether oxygens (including phenoxy) is 2. The number of aromatic nitrogens is 4. The van der Waals surface area contributed by atoms with Crippen LogP contribution >= 0.6 is 0 Å². The van der Waals surface area contributed by atoms with Gasteiger partial charge < -0.3 is 20.1 Å². The van der Waals surface area contributed by atoms with Crippen LogP contribution in [0.4, 0.5) is 5.69 Å². The van der Waals surface area contributed by atoms with Gasteiger partial charge in [-0.2, -0.15) is 4.68 Å². The van der Waals surface area contributed by atoms with Gasteiger partial charge in [0.25, 0.3) is 0 Å². The maximum Gasteiger partial charge on any atom is 0.186 e. The second-order valence-electron chi connectivity index (χ2n) is 9.08. The van der Waals surface area contributed by atoms with E-state index in [0.717, 1.165) is 76.9 Å². The van der Waals surface area contributed by atoms with Crippen LogP contribution in [0.5, 0.6) is 11.5 Å². The number of methoxy groups -OCH3 is 1. The summed E-state index contributed by atoms with van der Waals surface area (Å²) >= 11 is 0. The Kier molecular flexibility index (Phi) is 8.05. The van der Waals surface area contributed by atoms with Gasteiger partial charge >= 0.3 is 0 Å². The highest BCUT2D eigenvalue weighted by molar-refractivity contribution is 5.86. The van der Waals surface area contributed by atoms with Gasteiger partial charge in [0.1, 0.15) is 0 Å². The van der Waals surface area contributed by atoms with Gasteiger partial charge in [0.05, 0.1) is 25.1 Å². The molecule has 190 valence electrons. The molecule has 0 aliphatic heterocycles. The molecule has 2 aromatic carbocycles. The summed E-state index contributed by atoms with van der Waals surface area (Å²) < 4.78 is 12.9. The predicted molar refractivity (Wildman–Crippen MR) is 145 cm³/mol. The lowest BCUT2D eigenvalue weighted by Gasteiger charge is -2.13. The van der Waals surface area contributed by atoms with E-state index in [4.69, 9.17) is 14.5 Å². The topological polar surface area (TPSA) is 86.1 Å². The molecule has 0 aliphatic carbocycles. The van der Waals surface area contributed by atoms with Crippen LogP contribution in [0.15, 0.2) is 36.4 Å². The van der Waals surface area contributed by atoms with E-state index in [1.165, 1.54) is 11.1 Å². The summed E-state index contributed by atoms with van der Waals surface area (Å²) in [6, 6.07) is 12.5. The van der Waals surface area contributed by atoms with E-state index in [-0.39, 0.29) is 0 Å². The zero-order valence-corrected chi connectivity index (χ0v) is 22.1. The Hall–Kier alpha value is -3.65. The number of fused-ring (bicyclic) bond motifs is 1. The maximum atomic E-state index is 5.60. The van der Waals surface area contributed by atoms with E-state index in [1.807, 2.05) is 36.7 Å². The molecule has 0 bridgehead atoms. The Morgan fingerprint density at radius 3 is 2.42 bits per heavy atom. The molecule has 0 radical (unpaired) electrons. The van der Waals surface area contributed by atoms with Crippen molar-refractivity contribution >= 4 is 16.9 Å². The van der Waals surface area contributed by atoms with Gasteiger partial charge in [0.2, 0.25) is 0 Å². The van der Waals surface area contributed by atoms with E-state index in [2.05, 4.69) is 59.9 Å². The molecule has 2 N–H and O–H groups in total. The van der Waals surface area contributed by atoms with Crippen LogP contribution in [-0.4, -0.2) is 53.3 Å². The first kappa shape index (κ1) is 25.4. The highest BCUT2D eigenvalue weighted by atomic mass is 16.5. The summed E-state index contributed by atoms with van der Waals surface area (Å²) in [6.45, 7) is 13.4. The van der Waals surface area contributed by atoms with Crippen molar-refractivity contribution in [2.24, 2.45) is 0 Å². The van der Waals surface area contributed by atoms with Gasteiger partial charge in [-0.3, -0.25) is 0 Å². The number of anilines is 1. The van der Waals surface area contributed by atoms with Crippen LogP contribution in [-0.2, 0) is 6.42 Å². The first-order valence-electron chi connectivity index (χ1n) is 12.5. The molecule has 0 aliphatic rings. The van der Waals surface area contributed by atoms with Crippen molar-refractivity contribution in [2.75, 3.05) is 38.7 Å². The average Bonchev–Trinajstić information content (AvgIpc) is 3.24. The van der Waals surface area contributed by atoms with Crippen LogP contribution in [0, 0.1) is 27.7 Å². The lowest BCUT2D eigenvalue weighted by molar-refractivity contribution is 0.310. The van der Waals surface area contributed by atoms with Crippen LogP contribution in [0.3, 0.4) is 0 Å². The molecule has 0 spiro atoms. The zero-order chi connectivity index (χ0) is 25.7. The Balaban J connectivity index is 1.37. The quantitative estimate of drug-likeness (QED) is 0.296. The van der Waals surface area contributed by atoms with Crippen molar-refractivity contribution in [2.45, 2.75) is 41.0 Å². The standard InChI is InChI=1S/C28H36N6O2/c1-7-36-24-9-8-22(17-25(24)35-6)10-11-29-12-13-30-23-16-21(5)31-28-26(23)32-33-34(28)27-19(3)14-18(2)15-20(27)4/h8-9,14-17,29H,7,10-13H2,1-6H3,(H,30,31). The largest absolute Gasteiger partial charge is 0.493 e. The summed E-state index contributed by atoms with van der Waals surface area (Å²) in [6.07, 6.45) is 0.908. The van der Waals surface area contributed by atoms with Gasteiger partial charge in [0, 0.05) is 18.8 Å². The molecule has 8 heteroatoms. The first-order valence-corrected chi connectivity index (χ1v) is 12.5. The highest BCUT2D eigenvalue weighted by Gasteiger charge is 2.16. The number of hydrogen-bond donors (Lipinski definition) is 2. The lowest BCUT2D eigenvalue weighted by Crippen LogP contribution is -2.24. The summed E-state index contributed by atoms with van der Waals surface area (Å²) in [5.74, 6) is 1.56. The van der Waals surface area contributed by atoms with E-state index in [1.54, 1.807) is 7.11 Å². The van der Waals surface area contributed by atoms with E-state index < -0.39 is 0 Å². The van der Waals surface area contributed by atoms with Crippen LogP contribution in [0.1, 0.15) is 34.9 Å². The summed E-state index contributed by atoms with van der Waals surface area (Å²) in [5, 5.41) is 16.0. The summed E-state index contributed by atoms with van der Waals surface area (Å²) in [5.41, 5.74) is 9.22. The third kappa shape index (κ3) is 5.60. The molecule has 8 nitrogen and oxygen atoms in total.